The van der Waals surface area contributed by atoms with Crippen molar-refractivity contribution in [3.05, 3.63) is 39.7 Å². The number of aromatic hydroxyl groups is 1. The first-order valence-electron chi connectivity index (χ1n) is 8.48. The summed E-state index contributed by atoms with van der Waals surface area (Å²) in [5.41, 5.74) is 2.02. The SMILES string of the molecule is CCCCn1c(=O)c(C=NCC2CC2)c(O)c2cccc(C)c21. The van der Waals surface area contributed by atoms with E-state index in [2.05, 4.69) is 11.9 Å². The lowest BCUT2D eigenvalue weighted by Crippen LogP contribution is -2.25. The molecule has 0 spiro atoms. The van der Waals surface area contributed by atoms with Crippen LogP contribution in [-0.4, -0.2) is 22.4 Å². The van der Waals surface area contributed by atoms with E-state index in [4.69, 9.17) is 0 Å². The molecule has 1 aliphatic rings. The Morgan fingerprint density at radius 2 is 2.17 bits per heavy atom. The van der Waals surface area contributed by atoms with Crippen LogP contribution in [0.25, 0.3) is 10.9 Å². The van der Waals surface area contributed by atoms with Gasteiger partial charge in [0.05, 0.1) is 5.52 Å². The number of rotatable bonds is 6. The number of fused-ring (bicyclic) bond motifs is 1. The van der Waals surface area contributed by atoms with Crippen molar-refractivity contribution in [2.45, 2.75) is 46.1 Å². The van der Waals surface area contributed by atoms with Crippen LogP contribution in [-0.2, 0) is 6.54 Å². The fraction of sp³-hybridized carbons (Fsp3) is 0.474. The highest BCUT2D eigenvalue weighted by Gasteiger charge is 2.20. The lowest BCUT2D eigenvalue weighted by Gasteiger charge is -2.15. The summed E-state index contributed by atoms with van der Waals surface area (Å²) in [6.07, 6.45) is 5.97. The van der Waals surface area contributed by atoms with E-state index in [0.717, 1.165) is 35.9 Å². The number of benzene rings is 1. The molecule has 0 radical (unpaired) electrons. The van der Waals surface area contributed by atoms with E-state index < -0.39 is 0 Å². The van der Waals surface area contributed by atoms with Crippen LogP contribution in [0, 0.1) is 12.8 Å². The fourth-order valence-corrected chi connectivity index (χ4v) is 2.94. The Balaban J connectivity index is 2.15. The van der Waals surface area contributed by atoms with Gasteiger partial charge in [0.2, 0.25) is 0 Å². The molecular formula is C19H24N2O2. The third kappa shape index (κ3) is 3.16. The molecule has 122 valence electrons. The highest BCUT2D eigenvalue weighted by atomic mass is 16.3. The molecule has 4 nitrogen and oxygen atoms in total. The van der Waals surface area contributed by atoms with Gasteiger partial charge in [-0.2, -0.15) is 0 Å². The number of aliphatic imine (C=N–C) groups is 1. The van der Waals surface area contributed by atoms with Gasteiger partial charge in [-0.15, -0.1) is 0 Å². The van der Waals surface area contributed by atoms with E-state index in [1.807, 2.05) is 25.1 Å². The van der Waals surface area contributed by atoms with E-state index in [1.165, 1.54) is 12.8 Å². The molecule has 3 rings (SSSR count). The summed E-state index contributed by atoms with van der Waals surface area (Å²) < 4.78 is 1.80. The van der Waals surface area contributed by atoms with Crippen LogP contribution >= 0.6 is 0 Å². The second-order valence-corrected chi connectivity index (χ2v) is 6.48. The monoisotopic (exact) mass is 312 g/mol. The molecule has 1 N–H and O–H groups in total. The Morgan fingerprint density at radius 1 is 1.39 bits per heavy atom. The van der Waals surface area contributed by atoms with Gasteiger partial charge in [0.15, 0.2) is 0 Å². The zero-order chi connectivity index (χ0) is 16.4. The summed E-state index contributed by atoms with van der Waals surface area (Å²) >= 11 is 0. The van der Waals surface area contributed by atoms with Gasteiger partial charge in [-0.25, -0.2) is 0 Å². The summed E-state index contributed by atoms with van der Waals surface area (Å²) in [5.74, 6) is 0.722. The van der Waals surface area contributed by atoms with Crippen LogP contribution < -0.4 is 5.56 Å². The highest BCUT2D eigenvalue weighted by Crippen LogP contribution is 2.30. The van der Waals surface area contributed by atoms with Crippen molar-refractivity contribution in [3.8, 4) is 5.75 Å². The first kappa shape index (κ1) is 15.8. The molecule has 1 heterocycles. The molecule has 0 amide bonds. The van der Waals surface area contributed by atoms with E-state index >= 15 is 0 Å². The lowest BCUT2D eigenvalue weighted by atomic mass is 10.1. The van der Waals surface area contributed by atoms with Crippen LogP contribution in [0.2, 0.25) is 0 Å². The van der Waals surface area contributed by atoms with Gasteiger partial charge in [-0.05, 0) is 43.7 Å². The third-order valence-electron chi connectivity index (χ3n) is 4.51. The maximum absolute atomic E-state index is 12.9. The van der Waals surface area contributed by atoms with Gasteiger partial charge in [0.25, 0.3) is 5.56 Å². The predicted molar refractivity (Wildman–Crippen MR) is 94.7 cm³/mol. The minimum Gasteiger partial charge on any atom is -0.506 e. The molecular weight excluding hydrogens is 288 g/mol. The number of aromatic nitrogens is 1. The minimum absolute atomic E-state index is 0.0565. The predicted octanol–water partition coefficient (Wildman–Crippen LogP) is 3.64. The molecule has 23 heavy (non-hydrogen) atoms. The first-order valence-corrected chi connectivity index (χ1v) is 8.48. The number of hydrogen-bond donors (Lipinski definition) is 1. The Kier molecular flexibility index (Phi) is 4.51. The number of hydrogen-bond acceptors (Lipinski definition) is 3. The normalized spacial score (nSPS) is 14.9. The molecule has 1 aromatic heterocycles. The molecule has 0 aliphatic heterocycles. The van der Waals surface area contributed by atoms with Crippen LogP contribution in [0.3, 0.4) is 0 Å². The topological polar surface area (TPSA) is 54.6 Å². The van der Waals surface area contributed by atoms with Gasteiger partial charge in [-0.1, -0.05) is 25.5 Å². The third-order valence-corrected chi connectivity index (χ3v) is 4.51. The van der Waals surface area contributed by atoms with E-state index in [1.54, 1.807) is 10.8 Å². The number of nitrogens with zero attached hydrogens (tertiary/aromatic N) is 2. The molecule has 0 bridgehead atoms. The summed E-state index contributed by atoms with van der Waals surface area (Å²) in [6.45, 7) is 5.50. The Bertz CT molecular complexity index is 801. The maximum atomic E-state index is 12.9. The average molecular weight is 312 g/mol. The highest BCUT2D eigenvalue weighted by molar-refractivity contribution is 5.96. The van der Waals surface area contributed by atoms with Crippen LogP contribution in [0.5, 0.6) is 5.75 Å². The zero-order valence-corrected chi connectivity index (χ0v) is 13.9. The summed E-state index contributed by atoms with van der Waals surface area (Å²) in [7, 11) is 0. The number of unbranched alkanes of at least 4 members (excludes halogenated alkanes) is 1. The summed E-state index contributed by atoms with van der Waals surface area (Å²) in [6, 6.07) is 5.76. The second kappa shape index (κ2) is 6.57. The molecule has 1 aromatic carbocycles. The minimum atomic E-state index is -0.141. The maximum Gasteiger partial charge on any atom is 0.263 e. The molecule has 1 aliphatic carbocycles. The smallest absolute Gasteiger partial charge is 0.263 e. The van der Waals surface area contributed by atoms with Gasteiger partial charge in [0, 0.05) is 24.7 Å². The van der Waals surface area contributed by atoms with Crippen LogP contribution in [0.4, 0.5) is 0 Å². The van der Waals surface area contributed by atoms with E-state index in [-0.39, 0.29) is 11.3 Å². The van der Waals surface area contributed by atoms with Crippen LogP contribution in [0.15, 0.2) is 28.0 Å². The van der Waals surface area contributed by atoms with Gasteiger partial charge in [0.1, 0.15) is 11.3 Å². The summed E-state index contributed by atoms with van der Waals surface area (Å²) in [4.78, 5) is 17.2. The Morgan fingerprint density at radius 3 is 2.87 bits per heavy atom. The van der Waals surface area contributed by atoms with Crippen molar-refractivity contribution in [1.82, 2.24) is 4.57 Å². The van der Waals surface area contributed by atoms with Gasteiger partial charge >= 0.3 is 0 Å². The lowest BCUT2D eigenvalue weighted by molar-refractivity contribution is 0.477. The quantitative estimate of drug-likeness (QED) is 0.828. The number of para-hydroxylation sites is 1. The Labute approximate surface area is 136 Å². The van der Waals surface area contributed by atoms with Crippen molar-refractivity contribution < 1.29 is 5.11 Å². The molecule has 2 aromatic rings. The summed E-state index contributed by atoms with van der Waals surface area (Å²) in [5, 5.41) is 11.3. The fourth-order valence-electron chi connectivity index (χ4n) is 2.94. The standard InChI is InChI=1S/C19H24N2O2/c1-3-4-10-21-17-13(2)6-5-7-15(17)18(22)16(19(21)23)12-20-11-14-8-9-14/h5-7,12,14,22H,3-4,8-11H2,1-2H3. The molecule has 4 heteroatoms. The molecule has 0 saturated heterocycles. The average Bonchev–Trinajstić information content (AvgIpc) is 3.35. The van der Waals surface area contributed by atoms with E-state index in [0.29, 0.717) is 18.0 Å². The zero-order valence-electron chi connectivity index (χ0n) is 13.9. The van der Waals surface area contributed by atoms with Crippen molar-refractivity contribution in [2.24, 2.45) is 10.9 Å². The van der Waals surface area contributed by atoms with Crippen molar-refractivity contribution in [3.63, 3.8) is 0 Å². The van der Waals surface area contributed by atoms with Crippen molar-refractivity contribution in [2.75, 3.05) is 6.54 Å². The Hall–Kier alpha value is -2.10. The van der Waals surface area contributed by atoms with Crippen molar-refractivity contribution >= 4 is 17.1 Å². The second-order valence-electron chi connectivity index (χ2n) is 6.48. The van der Waals surface area contributed by atoms with Gasteiger partial charge < -0.3 is 9.67 Å². The van der Waals surface area contributed by atoms with E-state index in [9.17, 15) is 9.90 Å². The largest absolute Gasteiger partial charge is 0.506 e. The molecule has 0 unspecified atom stereocenters. The molecule has 1 fully saturated rings. The van der Waals surface area contributed by atoms with Crippen molar-refractivity contribution in [1.29, 1.82) is 0 Å². The van der Waals surface area contributed by atoms with Crippen LogP contribution in [0.1, 0.15) is 43.7 Å². The molecule has 0 atom stereocenters. The first-order chi connectivity index (χ1) is 11.1. The van der Waals surface area contributed by atoms with Gasteiger partial charge in [-0.3, -0.25) is 9.79 Å². The number of aryl methyl sites for hydroxylation is 2. The number of pyridine rings is 1. The molecule has 1 saturated carbocycles.